The fourth-order valence-electron chi connectivity index (χ4n) is 2.08. The molecule has 3 rings (SSSR count). The summed E-state index contributed by atoms with van der Waals surface area (Å²) < 4.78 is 38.9. The van der Waals surface area contributed by atoms with Crippen molar-refractivity contribution in [2.24, 2.45) is 0 Å². The molecule has 1 fully saturated rings. The summed E-state index contributed by atoms with van der Waals surface area (Å²) in [5.41, 5.74) is -0.440. The lowest BCUT2D eigenvalue weighted by atomic mass is 10.2. The Morgan fingerprint density at radius 1 is 1.37 bits per heavy atom. The number of pyridine rings is 1. The lowest BCUT2D eigenvalue weighted by Crippen LogP contribution is -2.09. The van der Waals surface area contributed by atoms with Gasteiger partial charge in [0.05, 0.1) is 11.3 Å². The molecule has 0 saturated heterocycles. The van der Waals surface area contributed by atoms with Gasteiger partial charge in [-0.2, -0.15) is 13.2 Å². The van der Waals surface area contributed by atoms with Crippen LogP contribution in [0, 0.1) is 0 Å². The Morgan fingerprint density at radius 2 is 2.05 bits per heavy atom. The average Bonchev–Trinajstić information content (AvgIpc) is 3.07. The number of aromatic carboxylic acids is 1. The molecule has 1 N–H and O–H groups in total. The van der Waals surface area contributed by atoms with Gasteiger partial charge in [-0.25, -0.2) is 9.78 Å². The summed E-state index contributed by atoms with van der Waals surface area (Å²) in [4.78, 5) is 15.4. The van der Waals surface area contributed by atoms with Crippen LogP contribution >= 0.6 is 0 Å². The minimum absolute atomic E-state index is 0.0559. The van der Waals surface area contributed by atoms with Crippen LogP contribution in [0.3, 0.4) is 0 Å². The Bertz CT molecular complexity index is 671. The van der Waals surface area contributed by atoms with E-state index >= 15 is 0 Å². The predicted octanol–water partition coefficient (Wildman–Crippen LogP) is 2.93. The maximum Gasteiger partial charge on any atom is 0.417 e. The molecule has 2 aromatic rings. The monoisotopic (exact) mass is 270 g/mol. The molecule has 1 aliphatic rings. The fourth-order valence-corrected chi connectivity index (χ4v) is 2.08. The number of carboxylic acid groups (broad SMARTS) is 1. The van der Waals surface area contributed by atoms with Crippen LogP contribution in [0.4, 0.5) is 13.2 Å². The first-order chi connectivity index (χ1) is 8.88. The van der Waals surface area contributed by atoms with Gasteiger partial charge < -0.3 is 5.11 Å². The van der Waals surface area contributed by atoms with Crippen LogP contribution < -0.4 is 0 Å². The van der Waals surface area contributed by atoms with Crippen molar-refractivity contribution < 1.29 is 23.1 Å². The predicted molar refractivity (Wildman–Crippen MR) is 59.1 cm³/mol. The van der Waals surface area contributed by atoms with Gasteiger partial charge in [-0.05, 0) is 25.0 Å². The smallest absolute Gasteiger partial charge is 0.417 e. The van der Waals surface area contributed by atoms with Gasteiger partial charge in [0.1, 0.15) is 5.65 Å². The summed E-state index contributed by atoms with van der Waals surface area (Å²) in [6.45, 7) is 0. The van der Waals surface area contributed by atoms with E-state index in [2.05, 4.69) is 4.98 Å². The number of fused-ring (bicyclic) bond motifs is 1. The molecule has 7 heteroatoms. The highest BCUT2D eigenvalue weighted by Gasteiger charge is 2.35. The van der Waals surface area contributed by atoms with Gasteiger partial charge in [0.15, 0.2) is 5.69 Å². The molecule has 1 aliphatic carbocycles. The maximum atomic E-state index is 12.6. The highest BCUT2D eigenvalue weighted by atomic mass is 19.4. The summed E-state index contributed by atoms with van der Waals surface area (Å²) >= 11 is 0. The van der Waals surface area contributed by atoms with Gasteiger partial charge in [0, 0.05) is 12.1 Å². The van der Waals surface area contributed by atoms with Crippen molar-refractivity contribution in [2.45, 2.75) is 24.9 Å². The SMILES string of the molecule is O=C(O)c1c(C2CC2)nc2ccc(C(F)(F)F)cn12. The Hall–Kier alpha value is -2.05. The summed E-state index contributed by atoms with van der Waals surface area (Å²) in [5.74, 6) is -1.20. The van der Waals surface area contributed by atoms with E-state index in [4.69, 9.17) is 0 Å². The first kappa shape index (κ1) is 12.0. The molecule has 100 valence electrons. The number of alkyl halides is 3. The maximum absolute atomic E-state index is 12.6. The van der Waals surface area contributed by atoms with Crippen LogP contribution in [-0.2, 0) is 6.18 Å². The van der Waals surface area contributed by atoms with Crippen LogP contribution in [0.15, 0.2) is 18.3 Å². The van der Waals surface area contributed by atoms with Crippen LogP contribution in [0.2, 0.25) is 0 Å². The second-order valence-electron chi connectivity index (χ2n) is 4.57. The van der Waals surface area contributed by atoms with E-state index < -0.39 is 17.7 Å². The standard InChI is InChI=1S/C12H9F3N2O2/c13-12(14,15)7-3-4-8-16-9(6-1-2-6)10(11(18)19)17(8)5-7/h3-6H,1-2H2,(H,18,19). The number of nitrogens with zero attached hydrogens (tertiary/aromatic N) is 2. The first-order valence-corrected chi connectivity index (χ1v) is 5.70. The number of carboxylic acids is 1. The molecule has 0 amide bonds. The Balaban J connectivity index is 2.26. The van der Waals surface area contributed by atoms with Gasteiger partial charge >= 0.3 is 12.1 Å². The molecule has 0 aliphatic heterocycles. The van der Waals surface area contributed by atoms with Crippen LogP contribution in [-0.4, -0.2) is 20.5 Å². The Morgan fingerprint density at radius 3 is 2.58 bits per heavy atom. The van der Waals surface area contributed by atoms with E-state index in [0.717, 1.165) is 29.5 Å². The van der Waals surface area contributed by atoms with Crippen molar-refractivity contribution in [2.75, 3.05) is 0 Å². The highest BCUT2D eigenvalue weighted by molar-refractivity contribution is 5.88. The summed E-state index contributed by atoms with van der Waals surface area (Å²) in [7, 11) is 0. The zero-order valence-corrected chi connectivity index (χ0v) is 9.61. The van der Waals surface area contributed by atoms with Crippen LogP contribution in [0.25, 0.3) is 5.65 Å². The molecule has 0 radical (unpaired) electrons. The fraction of sp³-hybridized carbons (Fsp3) is 0.333. The largest absolute Gasteiger partial charge is 0.477 e. The number of carbonyl (C=O) groups is 1. The van der Waals surface area contributed by atoms with E-state index in [9.17, 15) is 23.1 Å². The quantitative estimate of drug-likeness (QED) is 0.912. The number of aromatic nitrogens is 2. The van der Waals surface area contributed by atoms with Crippen LogP contribution in [0.1, 0.15) is 40.5 Å². The third-order valence-electron chi connectivity index (χ3n) is 3.14. The van der Waals surface area contributed by atoms with E-state index in [-0.39, 0.29) is 17.3 Å². The van der Waals surface area contributed by atoms with E-state index in [0.29, 0.717) is 5.69 Å². The molecule has 2 aromatic heterocycles. The Labute approximate surface area is 105 Å². The molecule has 0 aromatic carbocycles. The average molecular weight is 270 g/mol. The molecule has 19 heavy (non-hydrogen) atoms. The number of hydrogen-bond acceptors (Lipinski definition) is 2. The van der Waals surface area contributed by atoms with Crippen molar-refractivity contribution >= 4 is 11.6 Å². The Kier molecular flexibility index (Phi) is 2.35. The van der Waals surface area contributed by atoms with Crippen molar-refractivity contribution in [1.29, 1.82) is 0 Å². The second-order valence-corrected chi connectivity index (χ2v) is 4.57. The van der Waals surface area contributed by atoms with Gasteiger partial charge in [-0.1, -0.05) is 0 Å². The number of imidazole rings is 1. The lowest BCUT2D eigenvalue weighted by Gasteiger charge is -2.07. The highest BCUT2D eigenvalue weighted by Crippen LogP contribution is 2.41. The van der Waals surface area contributed by atoms with E-state index in [1.807, 2.05) is 0 Å². The molecule has 2 heterocycles. The summed E-state index contributed by atoms with van der Waals surface area (Å²) in [5, 5.41) is 9.18. The van der Waals surface area contributed by atoms with E-state index in [1.54, 1.807) is 0 Å². The number of hydrogen-bond donors (Lipinski definition) is 1. The molecule has 0 spiro atoms. The van der Waals surface area contributed by atoms with Gasteiger partial charge in [-0.15, -0.1) is 0 Å². The first-order valence-electron chi connectivity index (χ1n) is 5.70. The zero-order valence-electron chi connectivity index (χ0n) is 9.61. The molecule has 1 saturated carbocycles. The van der Waals surface area contributed by atoms with Gasteiger partial charge in [0.25, 0.3) is 0 Å². The zero-order chi connectivity index (χ0) is 13.8. The van der Waals surface area contributed by atoms with Crippen molar-refractivity contribution in [3.05, 3.63) is 35.3 Å². The van der Waals surface area contributed by atoms with Crippen molar-refractivity contribution in [3.63, 3.8) is 0 Å². The molecule has 0 unspecified atom stereocenters. The number of halogens is 3. The van der Waals surface area contributed by atoms with Crippen molar-refractivity contribution in [3.8, 4) is 0 Å². The summed E-state index contributed by atoms with van der Waals surface area (Å²) in [6, 6.07) is 2.10. The minimum Gasteiger partial charge on any atom is -0.477 e. The summed E-state index contributed by atoms with van der Waals surface area (Å²) in [6.07, 6.45) is -2.06. The minimum atomic E-state index is -4.51. The van der Waals surface area contributed by atoms with Crippen LogP contribution in [0.5, 0.6) is 0 Å². The second kappa shape index (κ2) is 3.72. The lowest BCUT2D eigenvalue weighted by molar-refractivity contribution is -0.137. The topological polar surface area (TPSA) is 54.6 Å². The molecular weight excluding hydrogens is 261 g/mol. The number of rotatable bonds is 2. The third kappa shape index (κ3) is 1.94. The van der Waals surface area contributed by atoms with Crippen molar-refractivity contribution in [1.82, 2.24) is 9.38 Å². The molecule has 0 bridgehead atoms. The van der Waals surface area contributed by atoms with Gasteiger partial charge in [-0.3, -0.25) is 4.40 Å². The molecule has 0 atom stereocenters. The van der Waals surface area contributed by atoms with Gasteiger partial charge in [0.2, 0.25) is 0 Å². The van der Waals surface area contributed by atoms with E-state index in [1.165, 1.54) is 6.07 Å². The normalized spacial score (nSPS) is 15.9. The third-order valence-corrected chi connectivity index (χ3v) is 3.14. The molecule has 4 nitrogen and oxygen atoms in total. The molecular formula is C12H9F3N2O2.